The SMILES string of the molecule is CC[C@H](C)NC(=O)[C@@H]1[C@H]2C(=O)Nc3ccccc3C(=O)[C@@]21C. The van der Waals surface area contributed by atoms with E-state index < -0.39 is 17.3 Å². The first-order valence-corrected chi connectivity index (χ1v) is 7.66. The van der Waals surface area contributed by atoms with Crippen molar-refractivity contribution in [1.29, 1.82) is 0 Å². The van der Waals surface area contributed by atoms with Crippen molar-refractivity contribution in [2.45, 2.75) is 33.2 Å². The smallest absolute Gasteiger partial charge is 0.229 e. The fourth-order valence-corrected chi connectivity index (χ4v) is 3.37. The van der Waals surface area contributed by atoms with Crippen LogP contribution in [0.3, 0.4) is 0 Å². The molecule has 1 aliphatic carbocycles. The number of carbonyl (C=O) groups excluding carboxylic acids is 3. The van der Waals surface area contributed by atoms with Crippen LogP contribution in [0, 0.1) is 17.3 Å². The molecule has 0 spiro atoms. The van der Waals surface area contributed by atoms with E-state index >= 15 is 0 Å². The fraction of sp³-hybridized carbons (Fsp3) is 0.471. The summed E-state index contributed by atoms with van der Waals surface area (Å²) >= 11 is 0. The van der Waals surface area contributed by atoms with Crippen molar-refractivity contribution in [3.05, 3.63) is 29.8 Å². The summed E-state index contributed by atoms with van der Waals surface area (Å²) in [6, 6.07) is 6.99. The summed E-state index contributed by atoms with van der Waals surface area (Å²) in [6.07, 6.45) is 0.808. The van der Waals surface area contributed by atoms with Gasteiger partial charge < -0.3 is 10.6 Å². The van der Waals surface area contributed by atoms with Crippen LogP contribution in [-0.2, 0) is 9.59 Å². The van der Waals surface area contributed by atoms with Crippen molar-refractivity contribution in [2.24, 2.45) is 17.3 Å². The van der Waals surface area contributed by atoms with Crippen LogP contribution in [0.25, 0.3) is 0 Å². The van der Waals surface area contributed by atoms with Crippen LogP contribution in [0.15, 0.2) is 24.3 Å². The first-order valence-electron chi connectivity index (χ1n) is 7.66. The Morgan fingerprint density at radius 1 is 1.36 bits per heavy atom. The lowest BCUT2D eigenvalue weighted by Crippen LogP contribution is -2.35. The van der Waals surface area contributed by atoms with E-state index in [1.54, 1.807) is 31.2 Å². The lowest BCUT2D eigenvalue weighted by Gasteiger charge is -2.15. The monoisotopic (exact) mass is 300 g/mol. The molecule has 2 N–H and O–H groups in total. The zero-order chi connectivity index (χ0) is 16.1. The van der Waals surface area contributed by atoms with Crippen LogP contribution < -0.4 is 10.6 Å². The van der Waals surface area contributed by atoms with Crippen molar-refractivity contribution in [3.8, 4) is 0 Å². The molecule has 1 fully saturated rings. The standard InChI is InChI=1S/C17H20N2O3/c1-4-9(2)18-15(21)12-13-16(22)19-11-8-6-5-7-10(11)14(20)17(12,13)3/h5-9,12-13H,4H2,1-3H3,(H,18,21)(H,19,22)/t9-,12-,13-,17+/m0/s1. The molecule has 1 aliphatic heterocycles. The molecule has 2 amide bonds. The normalized spacial score (nSPS) is 30.5. The predicted octanol–water partition coefficient (Wildman–Crippen LogP) is 1.99. The summed E-state index contributed by atoms with van der Waals surface area (Å²) in [5, 5.41) is 5.67. The van der Waals surface area contributed by atoms with Gasteiger partial charge in [0.15, 0.2) is 5.78 Å². The number of ketones is 1. The molecule has 1 aromatic carbocycles. The molecular formula is C17H20N2O3. The summed E-state index contributed by atoms with van der Waals surface area (Å²) in [5.74, 6) is -1.75. The van der Waals surface area contributed by atoms with Gasteiger partial charge in [0.2, 0.25) is 11.8 Å². The van der Waals surface area contributed by atoms with Crippen LogP contribution in [0.5, 0.6) is 0 Å². The Labute approximate surface area is 129 Å². The third-order valence-corrected chi connectivity index (χ3v) is 5.00. The summed E-state index contributed by atoms with van der Waals surface area (Å²) in [7, 11) is 0. The molecule has 1 aromatic rings. The van der Waals surface area contributed by atoms with E-state index in [2.05, 4.69) is 10.6 Å². The van der Waals surface area contributed by atoms with Crippen LogP contribution >= 0.6 is 0 Å². The Morgan fingerprint density at radius 2 is 2.05 bits per heavy atom. The number of nitrogens with one attached hydrogen (secondary N) is 2. The third kappa shape index (κ3) is 1.95. The number of benzene rings is 1. The maximum atomic E-state index is 12.8. The van der Waals surface area contributed by atoms with Gasteiger partial charge >= 0.3 is 0 Å². The van der Waals surface area contributed by atoms with E-state index in [0.717, 1.165) is 6.42 Å². The minimum Gasteiger partial charge on any atom is -0.353 e. The maximum Gasteiger partial charge on any atom is 0.229 e. The zero-order valence-electron chi connectivity index (χ0n) is 13.0. The molecule has 3 rings (SSSR count). The van der Waals surface area contributed by atoms with Gasteiger partial charge in [-0.05, 0) is 25.5 Å². The lowest BCUT2D eigenvalue weighted by molar-refractivity contribution is -0.125. The molecule has 116 valence electrons. The van der Waals surface area contributed by atoms with Gasteiger partial charge in [0.05, 0.1) is 22.9 Å². The first kappa shape index (κ1) is 14.8. The number of carbonyl (C=O) groups is 3. The number of rotatable bonds is 3. The van der Waals surface area contributed by atoms with E-state index in [1.165, 1.54) is 0 Å². The zero-order valence-corrected chi connectivity index (χ0v) is 13.0. The molecule has 5 nitrogen and oxygen atoms in total. The van der Waals surface area contributed by atoms with E-state index in [-0.39, 0.29) is 23.6 Å². The molecule has 2 aliphatic rings. The molecular weight excluding hydrogens is 280 g/mol. The van der Waals surface area contributed by atoms with Crippen molar-refractivity contribution in [1.82, 2.24) is 5.32 Å². The number of Topliss-reactive ketones (excluding diaryl/α,β-unsaturated/α-hetero) is 1. The van der Waals surface area contributed by atoms with Gasteiger partial charge in [-0.25, -0.2) is 0 Å². The molecule has 22 heavy (non-hydrogen) atoms. The van der Waals surface area contributed by atoms with Gasteiger partial charge in [0, 0.05) is 11.6 Å². The van der Waals surface area contributed by atoms with Gasteiger partial charge in [-0.3, -0.25) is 14.4 Å². The molecule has 5 heteroatoms. The minimum absolute atomic E-state index is 0.0337. The highest BCUT2D eigenvalue weighted by molar-refractivity contribution is 6.19. The topological polar surface area (TPSA) is 75.3 Å². The van der Waals surface area contributed by atoms with Gasteiger partial charge in [-0.2, -0.15) is 0 Å². The first-order chi connectivity index (χ1) is 10.4. The summed E-state index contributed by atoms with van der Waals surface area (Å²) in [4.78, 5) is 37.7. The Kier molecular flexibility index (Phi) is 3.31. The number of amides is 2. The minimum atomic E-state index is -0.936. The van der Waals surface area contributed by atoms with Gasteiger partial charge in [0.1, 0.15) is 0 Å². The Bertz CT molecular complexity index is 670. The lowest BCUT2D eigenvalue weighted by atomic mass is 9.92. The summed E-state index contributed by atoms with van der Waals surface area (Å²) in [5.41, 5.74) is 0.0838. The van der Waals surface area contributed by atoms with Crippen LogP contribution in [0.1, 0.15) is 37.6 Å². The highest BCUT2D eigenvalue weighted by Crippen LogP contribution is 2.62. The molecule has 1 saturated carbocycles. The van der Waals surface area contributed by atoms with E-state index in [0.29, 0.717) is 11.3 Å². The summed E-state index contributed by atoms with van der Waals surface area (Å²) in [6.45, 7) is 5.62. The second kappa shape index (κ2) is 4.93. The molecule has 0 unspecified atom stereocenters. The highest BCUT2D eigenvalue weighted by atomic mass is 16.2. The van der Waals surface area contributed by atoms with Crippen LogP contribution in [0.2, 0.25) is 0 Å². The van der Waals surface area contributed by atoms with Crippen LogP contribution in [-0.4, -0.2) is 23.6 Å². The molecule has 0 aromatic heterocycles. The number of hydrogen-bond acceptors (Lipinski definition) is 3. The van der Waals surface area contributed by atoms with Crippen LogP contribution in [0.4, 0.5) is 5.69 Å². The van der Waals surface area contributed by atoms with Gasteiger partial charge in [-0.1, -0.05) is 26.0 Å². The Balaban J connectivity index is 1.94. The predicted molar refractivity (Wildman–Crippen MR) is 82.4 cm³/mol. The van der Waals surface area contributed by atoms with Gasteiger partial charge in [0.25, 0.3) is 0 Å². The highest BCUT2D eigenvalue weighted by Gasteiger charge is 2.73. The number of hydrogen-bond donors (Lipinski definition) is 2. The van der Waals surface area contributed by atoms with Crippen molar-refractivity contribution in [2.75, 3.05) is 5.32 Å². The summed E-state index contributed by atoms with van der Waals surface area (Å²) < 4.78 is 0. The van der Waals surface area contributed by atoms with E-state index in [4.69, 9.17) is 0 Å². The molecule has 0 saturated heterocycles. The average Bonchev–Trinajstić information content (AvgIpc) is 3.15. The third-order valence-electron chi connectivity index (χ3n) is 5.00. The van der Waals surface area contributed by atoms with Crippen molar-refractivity contribution < 1.29 is 14.4 Å². The van der Waals surface area contributed by atoms with Crippen molar-refractivity contribution >= 4 is 23.3 Å². The number of anilines is 1. The molecule has 4 atom stereocenters. The Hall–Kier alpha value is -2.17. The quantitative estimate of drug-likeness (QED) is 0.896. The second-order valence-electron chi connectivity index (χ2n) is 6.42. The molecule has 0 bridgehead atoms. The van der Waals surface area contributed by atoms with Crippen molar-refractivity contribution in [3.63, 3.8) is 0 Å². The number of fused-ring (bicyclic) bond motifs is 2. The van der Waals surface area contributed by atoms with Gasteiger partial charge in [-0.15, -0.1) is 0 Å². The molecule has 0 radical (unpaired) electrons. The maximum absolute atomic E-state index is 12.8. The fourth-order valence-electron chi connectivity index (χ4n) is 3.37. The molecule has 1 heterocycles. The number of para-hydroxylation sites is 1. The average molecular weight is 300 g/mol. The Morgan fingerprint density at radius 3 is 2.73 bits per heavy atom. The van der Waals surface area contributed by atoms with E-state index in [1.807, 2.05) is 13.8 Å². The largest absolute Gasteiger partial charge is 0.353 e. The second-order valence-corrected chi connectivity index (χ2v) is 6.42. The van der Waals surface area contributed by atoms with E-state index in [9.17, 15) is 14.4 Å².